The van der Waals surface area contributed by atoms with Crippen molar-refractivity contribution in [2.45, 2.75) is 38.5 Å². The van der Waals surface area contributed by atoms with Crippen molar-refractivity contribution in [2.24, 2.45) is 23.7 Å². The average molecular weight is 298 g/mol. The highest BCUT2D eigenvalue weighted by molar-refractivity contribution is 5.92. The summed E-state index contributed by atoms with van der Waals surface area (Å²) in [5.74, 6) is -7.04. The van der Waals surface area contributed by atoms with Gasteiger partial charge in [0.1, 0.15) is 0 Å². The Labute approximate surface area is 121 Å². The lowest BCUT2D eigenvalue weighted by molar-refractivity contribution is -0.171. The fourth-order valence-electron chi connectivity index (χ4n) is 3.33. The van der Waals surface area contributed by atoms with Crippen molar-refractivity contribution in [3.63, 3.8) is 0 Å². The van der Waals surface area contributed by atoms with Crippen LogP contribution in [0.3, 0.4) is 0 Å². The summed E-state index contributed by atoms with van der Waals surface area (Å²) in [6.45, 7) is 0. The van der Waals surface area contributed by atoms with Crippen molar-refractivity contribution in [3.8, 4) is 0 Å². The third kappa shape index (κ3) is 3.22. The molecule has 2 aliphatic carbocycles. The Morgan fingerprint density at radius 3 is 1.33 bits per heavy atom. The number of carbonyl (C=O) groups excluding carboxylic acids is 2. The minimum absolute atomic E-state index is 0.385. The van der Waals surface area contributed by atoms with E-state index in [1.165, 1.54) is 0 Å². The van der Waals surface area contributed by atoms with Gasteiger partial charge in [0.05, 0.1) is 23.7 Å². The van der Waals surface area contributed by atoms with Gasteiger partial charge in [-0.2, -0.15) is 0 Å². The van der Waals surface area contributed by atoms with Crippen LogP contribution in [-0.2, 0) is 23.9 Å². The van der Waals surface area contributed by atoms with E-state index >= 15 is 0 Å². The highest BCUT2D eigenvalue weighted by Crippen LogP contribution is 2.35. The molecule has 0 spiro atoms. The largest absolute Gasteiger partial charge is 0.481 e. The van der Waals surface area contributed by atoms with Crippen molar-refractivity contribution in [3.05, 3.63) is 0 Å². The van der Waals surface area contributed by atoms with Crippen LogP contribution in [0.15, 0.2) is 0 Å². The third-order valence-corrected chi connectivity index (χ3v) is 4.47. The molecular weight excluding hydrogens is 280 g/mol. The topological polar surface area (TPSA) is 118 Å². The fourth-order valence-corrected chi connectivity index (χ4v) is 3.33. The van der Waals surface area contributed by atoms with E-state index in [1.54, 1.807) is 0 Å². The zero-order valence-corrected chi connectivity index (χ0v) is 11.5. The van der Waals surface area contributed by atoms with Gasteiger partial charge in [0, 0.05) is 0 Å². The summed E-state index contributed by atoms with van der Waals surface area (Å²) >= 11 is 0. The lowest BCUT2D eigenvalue weighted by Crippen LogP contribution is -2.33. The Bertz CT molecular complexity index is 428. The summed E-state index contributed by atoms with van der Waals surface area (Å²) in [6, 6.07) is 0. The van der Waals surface area contributed by atoms with Crippen molar-refractivity contribution in [2.75, 3.05) is 0 Å². The standard InChI is InChI=1S/C14H18O7/c15-11(16)7-3-1-5-9(7)13(19)21-14(20)10-6-2-4-8(10)12(17)18/h7-10H,1-6H2,(H,15,16)(H,17,18)/t7-,8+,9+,10-. The van der Waals surface area contributed by atoms with E-state index in [0.29, 0.717) is 38.5 Å². The average Bonchev–Trinajstić information content (AvgIpc) is 3.07. The van der Waals surface area contributed by atoms with Crippen LogP contribution in [-0.4, -0.2) is 34.1 Å². The molecule has 0 unspecified atom stereocenters. The van der Waals surface area contributed by atoms with E-state index in [0.717, 1.165) is 0 Å². The molecule has 0 aromatic heterocycles. The van der Waals surface area contributed by atoms with Crippen LogP contribution in [0.25, 0.3) is 0 Å². The lowest BCUT2D eigenvalue weighted by atomic mass is 9.95. The molecule has 2 rings (SSSR count). The number of aliphatic carboxylic acids is 2. The number of hydrogen-bond donors (Lipinski definition) is 2. The first-order valence-corrected chi connectivity index (χ1v) is 7.13. The highest BCUT2D eigenvalue weighted by Gasteiger charge is 2.43. The van der Waals surface area contributed by atoms with Crippen LogP contribution in [0.5, 0.6) is 0 Å². The number of esters is 2. The summed E-state index contributed by atoms with van der Waals surface area (Å²) in [4.78, 5) is 46.0. The first-order valence-electron chi connectivity index (χ1n) is 7.13. The van der Waals surface area contributed by atoms with E-state index in [2.05, 4.69) is 0 Å². The predicted molar refractivity (Wildman–Crippen MR) is 68.0 cm³/mol. The van der Waals surface area contributed by atoms with Crippen LogP contribution >= 0.6 is 0 Å². The second-order valence-corrected chi connectivity index (χ2v) is 5.70. The van der Waals surface area contributed by atoms with Gasteiger partial charge in [0.2, 0.25) is 0 Å². The monoisotopic (exact) mass is 298 g/mol. The molecular formula is C14H18O7. The first kappa shape index (κ1) is 15.5. The lowest BCUT2D eigenvalue weighted by Gasteiger charge is -2.17. The van der Waals surface area contributed by atoms with E-state index in [9.17, 15) is 19.2 Å². The fraction of sp³-hybridized carbons (Fsp3) is 0.714. The molecule has 7 nitrogen and oxygen atoms in total. The Hall–Kier alpha value is -1.92. The SMILES string of the molecule is O=C(O)[C@H]1CCC[C@H]1C(=O)OC(=O)[C@H]1CCC[C@H]1C(=O)O. The molecule has 0 heterocycles. The van der Waals surface area contributed by atoms with E-state index < -0.39 is 47.5 Å². The molecule has 2 aliphatic rings. The maximum atomic E-state index is 12.0. The number of rotatable bonds is 4. The number of carboxylic acid groups (broad SMARTS) is 2. The van der Waals surface area contributed by atoms with Gasteiger partial charge in [-0.3, -0.25) is 19.2 Å². The number of hydrogen-bond acceptors (Lipinski definition) is 5. The minimum atomic E-state index is -1.06. The molecule has 0 aromatic rings. The van der Waals surface area contributed by atoms with Crippen molar-refractivity contribution >= 4 is 23.9 Å². The number of carbonyl (C=O) groups is 4. The minimum Gasteiger partial charge on any atom is -0.481 e. The summed E-state index contributed by atoms with van der Waals surface area (Å²) < 4.78 is 4.77. The Morgan fingerprint density at radius 1 is 0.667 bits per heavy atom. The van der Waals surface area contributed by atoms with Gasteiger partial charge in [-0.25, -0.2) is 0 Å². The van der Waals surface area contributed by atoms with Gasteiger partial charge in [-0.1, -0.05) is 12.8 Å². The zero-order chi connectivity index (χ0) is 15.6. The second-order valence-electron chi connectivity index (χ2n) is 5.70. The molecule has 2 N–H and O–H groups in total. The van der Waals surface area contributed by atoms with Gasteiger partial charge in [-0.15, -0.1) is 0 Å². The molecule has 4 atom stereocenters. The number of carboxylic acids is 2. The zero-order valence-electron chi connectivity index (χ0n) is 11.5. The second kappa shape index (κ2) is 6.24. The van der Waals surface area contributed by atoms with Crippen LogP contribution in [0.2, 0.25) is 0 Å². The molecule has 0 saturated heterocycles. The molecule has 0 bridgehead atoms. The van der Waals surface area contributed by atoms with Crippen LogP contribution in [0.4, 0.5) is 0 Å². The Balaban J connectivity index is 1.97. The van der Waals surface area contributed by atoms with Crippen LogP contribution in [0.1, 0.15) is 38.5 Å². The van der Waals surface area contributed by atoms with Gasteiger partial charge in [0.25, 0.3) is 0 Å². The summed E-state index contributed by atoms with van der Waals surface area (Å²) in [5.41, 5.74) is 0. The van der Waals surface area contributed by atoms with E-state index in [4.69, 9.17) is 14.9 Å². The summed E-state index contributed by atoms with van der Waals surface area (Å²) in [6.07, 6.45) is 2.76. The van der Waals surface area contributed by atoms with Gasteiger partial charge in [-0.05, 0) is 25.7 Å². The van der Waals surface area contributed by atoms with Crippen molar-refractivity contribution in [1.82, 2.24) is 0 Å². The van der Waals surface area contributed by atoms with Gasteiger partial charge >= 0.3 is 23.9 Å². The third-order valence-electron chi connectivity index (χ3n) is 4.47. The molecule has 2 saturated carbocycles. The Morgan fingerprint density at radius 2 is 1.00 bits per heavy atom. The molecule has 21 heavy (non-hydrogen) atoms. The molecule has 0 aliphatic heterocycles. The molecule has 7 heteroatoms. The first-order chi connectivity index (χ1) is 9.91. The highest BCUT2D eigenvalue weighted by atomic mass is 16.6. The van der Waals surface area contributed by atoms with Crippen LogP contribution in [0, 0.1) is 23.7 Å². The predicted octanol–water partition coefficient (Wildman–Crippen LogP) is 1.06. The number of ether oxygens (including phenoxy) is 1. The van der Waals surface area contributed by atoms with E-state index in [1.807, 2.05) is 0 Å². The van der Waals surface area contributed by atoms with E-state index in [-0.39, 0.29) is 0 Å². The van der Waals surface area contributed by atoms with Gasteiger partial charge in [0.15, 0.2) is 0 Å². The normalized spacial score (nSPS) is 31.8. The van der Waals surface area contributed by atoms with Gasteiger partial charge < -0.3 is 14.9 Å². The van der Waals surface area contributed by atoms with Crippen molar-refractivity contribution < 1.29 is 34.1 Å². The maximum absolute atomic E-state index is 12.0. The van der Waals surface area contributed by atoms with Crippen LogP contribution < -0.4 is 0 Å². The van der Waals surface area contributed by atoms with Crippen molar-refractivity contribution in [1.29, 1.82) is 0 Å². The summed E-state index contributed by atoms with van der Waals surface area (Å²) in [5, 5.41) is 18.0. The smallest absolute Gasteiger partial charge is 0.317 e. The molecule has 0 radical (unpaired) electrons. The Kier molecular flexibility index (Phi) is 4.59. The maximum Gasteiger partial charge on any atom is 0.317 e. The molecule has 116 valence electrons. The molecule has 0 aromatic carbocycles. The molecule has 0 amide bonds. The molecule has 2 fully saturated rings. The quantitative estimate of drug-likeness (QED) is 0.588. The summed E-state index contributed by atoms with van der Waals surface area (Å²) in [7, 11) is 0.